The van der Waals surface area contributed by atoms with E-state index in [1.165, 1.54) is 11.8 Å². The van der Waals surface area contributed by atoms with Crippen molar-refractivity contribution in [2.75, 3.05) is 13.1 Å². The van der Waals surface area contributed by atoms with E-state index < -0.39 is 8.25 Å². The van der Waals surface area contributed by atoms with Gasteiger partial charge in [0.05, 0.1) is 6.26 Å². The predicted molar refractivity (Wildman–Crippen MR) is 75.9 cm³/mol. The van der Waals surface area contributed by atoms with E-state index in [0.29, 0.717) is 5.92 Å². The number of piperidine rings is 1. The van der Waals surface area contributed by atoms with Crippen LogP contribution in [0.5, 0.6) is 0 Å². The van der Waals surface area contributed by atoms with E-state index in [1.807, 2.05) is 12.1 Å². The molecule has 1 heterocycles. The molecule has 0 aliphatic carbocycles. The summed E-state index contributed by atoms with van der Waals surface area (Å²) >= 11 is 0. The SMILES string of the molecule is O=[PH](O)O/C=C/C1CCN(Cc2ccccc2)CC1. The van der Waals surface area contributed by atoms with Gasteiger partial charge in [0, 0.05) is 6.54 Å². The minimum atomic E-state index is -2.83. The maximum absolute atomic E-state index is 10.4. The van der Waals surface area contributed by atoms with Gasteiger partial charge in [0.1, 0.15) is 0 Å². The number of hydrogen-bond donors (Lipinski definition) is 1. The van der Waals surface area contributed by atoms with Gasteiger partial charge in [0.15, 0.2) is 0 Å². The monoisotopic (exact) mass is 281 g/mol. The normalized spacial score (nSPS) is 19.6. The number of rotatable bonds is 5. The average Bonchev–Trinajstić information content (AvgIpc) is 2.42. The van der Waals surface area contributed by atoms with Gasteiger partial charge in [-0.05, 0) is 43.5 Å². The van der Waals surface area contributed by atoms with Gasteiger partial charge in [0.25, 0.3) is 0 Å². The van der Waals surface area contributed by atoms with Crippen molar-refractivity contribution in [3.8, 4) is 0 Å². The van der Waals surface area contributed by atoms with Crippen LogP contribution < -0.4 is 0 Å². The molecule has 0 radical (unpaired) electrons. The maximum Gasteiger partial charge on any atom is 0.364 e. The molecule has 0 spiro atoms. The van der Waals surface area contributed by atoms with Crippen LogP contribution in [0.4, 0.5) is 0 Å². The summed E-state index contributed by atoms with van der Waals surface area (Å²) in [5.41, 5.74) is 1.35. The van der Waals surface area contributed by atoms with Gasteiger partial charge in [-0.1, -0.05) is 30.3 Å². The average molecular weight is 281 g/mol. The first kappa shape index (κ1) is 14.3. The minimum absolute atomic E-state index is 0.452. The fourth-order valence-electron chi connectivity index (χ4n) is 2.35. The second kappa shape index (κ2) is 7.49. The Kier molecular flexibility index (Phi) is 5.64. The standard InChI is InChI=1S/C14H20NO3P/c16-19(17)18-11-8-13-6-9-15(10-7-13)12-14-4-2-1-3-5-14/h1-5,8,11,13,19H,6-7,9-10,12H2,(H,16,17)/b11-8+. The lowest BCUT2D eigenvalue weighted by Crippen LogP contribution is -2.32. The van der Waals surface area contributed by atoms with Gasteiger partial charge in [0.2, 0.25) is 0 Å². The summed E-state index contributed by atoms with van der Waals surface area (Å²) in [6.07, 6.45) is 5.41. The zero-order valence-electron chi connectivity index (χ0n) is 10.9. The van der Waals surface area contributed by atoms with Crippen LogP contribution in [0.15, 0.2) is 42.7 Å². The first-order valence-corrected chi connectivity index (χ1v) is 7.83. The number of hydrogen-bond acceptors (Lipinski definition) is 3. The van der Waals surface area contributed by atoms with Gasteiger partial charge in [-0.25, -0.2) is 4.57 Å². The molecule has 1 aromatic carbocycles. The van der Waals surface area contributed by atoms with Crippen molar-refractivity contribution in [1.82, 2.24) is 4.90 Å². The van der Waals surface area contributed by atoms with Gasteiger partial charge in [-0.3, -0.25) is 4.90 Å². The molecule has 1 atom stereocenters. The highest BCUT2D eigenvalue weighted by Gasteiger charge is 2.17. The molecule has 5 heteroatoms. The third-order valence-corrected chi connectivity index (χ3v) is 3.74. The number of nitrogens with zero attached hydrogens (tertiary/aromatic N) is 1. The fraction of sp³-hybridized carbons (Fsp3) is 0.429. The van der Waals surface area contributed by atoms with Crippen molar-refractivity contribution in [2.45, 2.75) is 19.4 Å². The highest BCUT2D eigenvalue weighted by molar-refractivity contribution is 7.32. The Bertz CT molecular complexity index is 428. The zero-order valence-corrected chi connectivity index (χ0v) is 11.9. The lowest BCUT2D eigenvalue weighted by Gasteiger charge is -2.30. The Morgan fingerprint density at radius 2 is 2.00 bits per heavy atom. The fourth-order valence-corrected chi connectivity index (χ4v) is 2.55. The molecule has 0 aromatic heterocycles. The minimum Gasteiger partial charge on any atom is -0.435 e. The van der Waals surface area contributed by atoms with Crippen LogP contribution >= 0.6 is 8.25 Å². The molecule has 104 valence electrons. The van der Waals surface area contributed by atoms with Gasteiger partial charge < -0.3 is 9.42 Å². The highest BCUT2D eigenvalue weighted by Crippen LogP contribution is 2.22. The molecule has 1 aliphatic heterocycles. The Labute approximate surface area is 114 Å². The summed E-state index contributed by atoms with van der Waals surface area (Å²) < 4.78 is 15.0. The van der Waals surface area contributed by atoms with Crippen LogP contribution in [0, 0.1) is 5.92 Å². The second-order valence-corrected chi connectivity index (χ2v) is 5.58. The Morgan fingerprint density at radius 3 is 2.63 bits per heavy atom. The quantitative estimate of drug-likeness (QED) is 0.666. The topological polar surface area (TPSA) is 49.8 Å². The van der Waals surface area contributed by atoms with Gasteiger partial charge >= 0.3 is 8.25 Å². The number of allylic oxidation sites excluding steroid dienone is 1. The molecule has 0 saturated carbocycles. The number of benzene rings is 1. The van der Waals surface area contributed by atoms with Crippen molar-refractivity contribution in [3.63, 3.8) is 0 Å². The Hall–Kier alpha value is -1.09. The van der Waals surface area contributed by atoms with Crippen molar-refractivity contribution in [1.29, 1.82) is 0 Å². The number of likely N-dealkylation sites (tertiary alicyclic amines) is 1. The predicted octanol–water partition coefficient (Wildman–Crippen LogP) is 2.81. The molecule has 19 heavy (non-hydrogen) atoms. The molecule has 0 amide bonds. The molecule has 4 nitrogen and oxygen atoms in total. The lowest BCUT2D eigenvalue weighted by molar-refractivity contribution is 0.195. The molecule has 1 unspecified atom stereocenters. The van der Waals surface area contributed by atoms with Crippen molar-refractivity contribution in [3.05, 3.63) is 48.2 Å². The van der Waals surface area contributed by atoms with Crippen LogP contribution in [0.1, 0.15) is 18.4 Å². The molecule has 1 N–H and O–H groups in total. The molecule has 1 fully saturated rings. The molecule has 2 rings (SSSR count). The lowest BCUT2D eigenvalue weighted by atomic mass is 9.96. The first-order valence-electron chi connectivity index (χ1n) is 6.56. The summed E-state index contributed by atoms with van der Waals surface area (Å²) in [6.45, 7) is 3.11. The van der Waals surface area contributed by atoms with Crippen LogP contribution in [0.3, 0.4) is 0 Å². The van der Waals surface area contributed by atoms with E-state index in [0.717, 1.165) is 32.5 Å². The largest absolute Gasteiger partial charge is 0.435 e. The van der Waals surface area contributed by atoms with E-state index in [4.69, 9.17) is 4.89 Å². The van der Waals surface area contributed by atoms with Crippen molar-refractivity contribution < 1.29 is 14.0 Å². The summed E-state index contributed by atoms with van der Waals surface area (Å²) in [4.78, 5) is 11.0. The molecule has 1 saturated heterocycles. The zero-order chi connectivity index (χ0) is 13.5. The third kappa shape index (κ3) is 5.19. The van der Waals surface area contributed by atoms with Gasteiger partial charge in [-0.2, -0.15) is 0 Å². The Morgan fingerprint density at radius 1 is 1.32 bits per heavy atom. The van der Waals surface area contributed by atoms with E-state index in [-0.39, 0.29) is 0 Å². The molecule has 1 aliphatic rings. The summed E-state index contributed by atoms with van der Waals surface area (Å²) in [5.74, 6) is 0.452. The van der Waals surface area contributed by atoms with Crippen LogP contribution in [-0.4, -0.2) is 22.9 Å². The van der Waals surface area contributed by atoms with Crippen molar-refractivity contribution >= 4 is 8.25 Å². The molecule has 0 bridgehead atoms. The third-order valence-electron chi connectivity index (χ3n) is 3.40. The van der Waals surface area contributed by atoms with Gasteiger partial charge in [-0.15, -0.1) is 0 Å². The molecular weight excluding hydrogens is 261 g/mol. The van der Waals surface area contributed by atoms with E-state index >= 15 is 0 Å². The van der Waals surface area contributed by atoms with Crippen LogP contribution in [0.25, 0.3) is 0 Å². The smallest absolute Gasteiger partial charge is 0.364 e. The summed E-state index contributed by atoms with van der Waals surface area (Å²) in [5, 5.41) is 0. The van der Waals surface area contributed by atoms with E-state index in [2.05, 4.69) is 33.7 Å². The molecular formula is C14H20NO3P. The summed E-state index contributed by atoms with van der Waals surface area (Å²) in [6, 6.07) is 10.5. The van der Waals surface area contributed by atoms with Crippen LogP contribution in [-0.2, 0) is 15.6 Å². The Balaban J connectivity index is 1.73. The van der Waals surface area contributed by atoms with Crippen LogP contribution in [0.2, 0.25) is 0 Å². The second-order valence-electron chi connectivity index (χ2n) is 4.81. The summed E-state index contributed by atoms with van der Waals surface area (Å²) in [7, 11) is -2.83. The van der Waals surface area contributed by atoms with E-state index in [1.54, 1.807) is 0 Å². The van der Waals surface area contributed by atoms with Crippen molar-refractivity contribution in [2.24, 2.45) is 5.92 Å². The molecule has 1 aromatic rings. The highest BCUT2D eigenvalue weighted by atomic mass is 31.1. The van der Waals surface area contributed by atoms with E-state index in [9.17, 15) is 4.57 Å². The maximum atomic E-state index is 10.4. The first-order chi connectivity index (χ1) is 9.24.